The topological polar surface area (TPSA) is 35.6 Å². The fourth-order valence-electron chi connectivity index (χ4n) is 2.60. The first kappa shape index (κ1) is 12.0. The van der Waals surface area contributed by atoms with Gasteiger partial charge in [-0.25, -0.2) is 4.98 Å². The number of alkyl halides is 1. The molecule has 0 spiro atoms. The van der Waals surface area contributed by atoms with Gasteiger partial charge in [-0.2, -0.15) is 5.10 Å². The Morgan fingerprint density at radius 1 is 1.44 bits per heavy atom. The summed E-state index contributed by atoms with van der Waals surface area (Å²) in [7, 11) is 2.00. The van der Waals surface area contributed by atoms with E-state index in [1.807, 2.05) is 18.7 Å². The summed E-state index contributed by atoms with van der Waals surface area (Å²) in [6, 6.07) is 0.580. The van der Waals surface area contributed by atoms with Gasteiger partial charge >= 0.3 is 0 Å². The van der Waals surface area contributed by atoms with E-state index in [1.54, 1.807) is 0 Å². The van der Waals surface area contributed by atoms with Crippen LogP contribution in [0.5, 0.6) is 0 Å². The first-order valence-corrected chi connectivity index (χ1v) is 7.14. The van der Waals surface area contributed by atoms with Crippen molar-refractivity contribution in [1.29, 1.82) is 0 Å². The minimum absolute atomic E-state index is 0.0486. The predicted molar refractivity (Wildman–Crippen MR) is 73.0 cm³/mol. The summed E-state index contributed by atoms with van der Waals surface area (Å²) in [6.45, 7) is 4.16. The molecule has 2 aromatic rings. The lowest BCUT2D eigenvalue weighted by atomic mass is 10.2. The minimum atomic E-state index is -0.0486. The summed E-state index contributed by atoms with van der Waals surface area (Å²) in [5, 5.41) is 4.55. The van der Waals surface area contributed by atoms with Gasteiger partial charge in [0.15, 0.2) is 5.65 Å². The molecule has 1 fully saturated rings. The van der Waals surface area contributed by atoms with Gasteiger partial charge in [0.05, 0.1) is 11.1 Å². The summed E-state index contributed by atoms with van der Waals surface area (Å²) in [5.74, 6) is 1.000. The van der Waals surface area contributed by atoms with E-state index >= 15 is 0 Å². The normalized spacial score (nSPS) is 17.6. The van der Waals surface area contributed by atoms with Crippen LogP contribution in [0.25, 0.3) is 11.2 Å². The zero-order valence-corrected chi connectivity index (χ0v) is 11.9. The highest BCUT2D eigenvalue weighted by molar-refractivity contribution is 6.20. The lowest BCUT2D eigenvalue weighted by molar-refractivity contribution is 0.654. The highest BCUT2D eigenvalue weighted by Crippen LogP contribution is 2.41. The van der Waals surface area contributed by atoms with Crippen molar-refractivity contribution >= 4 is 22.8 Å². The molecule has 1 unspecified atom stereocenters. The molecule has 2 aromatic heterocycles. The number of aromatic nitrogens is 4. The molecule has 0 amide bonds. The van der Waals surface area contributed by atoms with Crippen LogP contribution in [0.2, 0.25) is 0 Å². The van der Waals surface area contributed by atoms with Crippen LogP contribution in [0.1, 0.15) is 56.0 Å². The molecule has 0 N–H and O–H groups in total. The lowest BCUT2D eigenvalue weighted by Crippen LogP contribution is -2.06. The zero-order chi connectivity index (χ0) is 12.9. The Bertz CT molecular complexity index is 577. The van der Waals surface area contributed by atoms with Crippen molar-refractivity contribution in [3.8, 4) is 0 Å². The van der Waals surface area contributed by atoms with Crippen LogP contribution in [-0.4, -0.2) is 19.3 Å². The van der Waals surface area contributed by atoms with E-state index in [2.05, 4.69) is 16.6 Å². The fourth-order valence-corrected chi connectivity index (χ4v) is 2.75. The molecule has 18 heavy (non-hydrogen) atoms. The highest BCUT2D eigenvalue weighted by atomic mass is 35.5. The van der Waals surface area contributed by atoms with Crippen molar-refractivity contribution < 1.29 is 0 Å². The molecule has 0 aliphatic heterocycles. The van der Waals surface area contributed by atoms with Crippen LogP contribution in [-0.2, 0) is 13.5 Å². The third kappa shape index (κ3) is 1.74. The molecule has 1 aliphatic rings. The Labute approximate surface area is 112 Å². The molecule has 0 saturated heterocycles. The SMILES string of the molecule is CCCc1nn(C)c2c1nc(C(C)Cl)n2C1CC1. The van der Waals surface area contributed by atoms with Crippen LogP contribution >= 0.6 is 11.6 Å². The maximum absolute atomic E-state index is 6.28. The van der Waals surface area contributed by atoms with Gasteiger partial charge in [0.2, 0.25) is 0 Å². The first-order valence-electron chi connectivity index (χ1n) is 6.71. The molecule has 0 bridgehead atoms. The average Bonchev–Trinajstić information content (AvgIpc) is 2.99. The molecular formula is C13H19ClN4. The van der Waals surface area contributed by atoms with Gasteiger partial charge < -0.3 is 4.57 Å². The van der Waals surface area contributed by atoms with Crippen molar-refractivity contribution in [2.45, 2.75) is 50.9 Å². The van der Waals surface area contributed by atoms with Crippen LogP contribution in [0.4, 0.5) is 0 Å². The maximum atomic E-state index is 6.28. The Hall–Kier alpha value is -1.03. The second-order valence-electron chi connectivity index (χ2n) is 5.18. The highest BCUT2D eigenvalue weighted by Gasteiger charge is 2.31. The summed E-state index contributed by atoms with van der Waals surface area (Å²) in [4.78, 5) is 4.76. The molecule has 0 aromatic carbocycles. The van der Waals surface area contributed by atoms with Crippen LogP contribution in [0.3, 0.4) is 0 Å². The monoisotopic (exact) mass is 266 g/mol. The van der Waals surface area contributed by atoms with E-state index in [1.165, 1.54) is 12.8 Å². The van der Waals surface area contributed by atoms with E-state index in [4.69, 9.17) is 16.6 Å². The third-order valence-electron chi connectivity index (χ3n) is 3.52. The van der Waals surface area contributed by atoms with Gasteiger partial charge in [0.1, 0.15) is 11.3 Å². The number of fused-ring (bicyclic) bond motifs is 1. The second kappa shape index (κ2) is 4.26. The van der Waals surface area contributed by atoms with Crippen molar-refractivity contribution in [2.75, 3.05) is 0 Å². The molecule has 4 nitrogen and oxygen atoms in total. The summed E-state index contributed by atoms with van der Waals surface area (Å²) in [6.07, 6.45) is 4.54. The second-order valence-corrected chi connectivity index (χ2v) is 5.83. The standard InChI is InChI=1S/C13H19ClN4/c1-4-5-10-11-13(17(3)16-10)18(9-6-7-9)12(15-11)8(2)14/h8-9H,4-7H2,1-3H3. The molecule has 1 aliphatic carbocycles. The van der Waals surface area contributed by atoms with Crippen LogP contribution in [0, 0.1) is 0 Å². The van der Waals surface area contributed by atoms with E-state index in [-0.39, 0.29) is 5.38 Å². The number of hydrogen-bond donors (Lipinski definition) is 0. The summed E-state index contributed by atoms with van der Waals surface area (Å²) in [5.41, 5.74) is 3.30. The molecule has 98 valence electrons. The number of hydrogen-bond acceptors (Lipinski definition) is 2. The Morgan fingerprint density at radius 2 is 2.17 bits per heavy atom. The molecule has 1 atom stereocenters. The van der Waals surface area contributed by atoms with Gasteiger partial charge in [-0.05, 0) is 26.2 Å². The number of nitrogens with zero attached hydrogens (tertiary/aromatic N) is 4. The Balaban J connectivity index is 2.23. The molecular weight excluding hydrogens is 248 g/mol. The average molecular weight is 267 g/mol. The van der Waals surface area contributed by atoms with Gasteiger partial charge in [0.25, 0.3) is 0 Å². The first-order chi connectivity index (χ1) is 8.63. The zero-order valence-electron chi connectivity index (χ0n) is 11.1. The minimum Gasteiger partial charge on any atom is -0.309 e. The maximum Gasteiger partial charge on any atom is 0.158 e. The van der Waals surface area contributed by atoms with E-state index in [9.17, 15) is 0 Å². The van der Waals surface area contributed by atoms with Gasteiger partial charge in [-0.3, -0.25) is 4.68 Å². The van der Waals surface area contributed by atoms with Crippen LogP contribution in [0.15, 0.2) is 0 Å². The van der Waals surface area contributed by atoms with E-state index in [0.29, 0.717) is 6.04 Å². The lowest BCUT2D eigenvalue weighted by Gasteiger charge is -2.09. The molecule has 2 heterocycles. The summed E-state index contributed by atoms with van der Waals surface area (Å²) < 4.78 is 4.27. The Morgan fingerprint density at radius 3 is 2.72 bits per heavy atom. The quantitative estimate of drug-likeness (QED) is 0.796. The van der Waals surface area contributed by atoms with E-state index in [0.717, 1.165) is 35.5 Å². The van der Waals surface area contributed by atoms with Gasteiger partial charge in [0, 0.05) is 13.1 Å². The number of halogens is 1. The predicted octanol–water partition coefficient (Wildman–Crippen LogP) is 3.36. The van der Waals surface area contributed by atoms with E-state index < -0.39 is 0 Å². The number of rotatable bonds is 4. The van der Waals surface area contributed by atoms with Crippen molar-refractivity contribution in [3.63, 3.8) is 0 Å². The van der Waals surface area contributed by atoms with Crippen LogP contribution < -0.4 is 0 Å². The van der Waals surface area contributed by atoms with Crippen molar-refractivity contribution in [1.82, 2.24) is 19.3 Å². The smallest absolute Gasteiger partial charge is 0.158 e. The molecule has 5 heteroatoms. The van der Waals surface area contributed by atoms with Gasteiger partial charge in [-0.1, -0.05) is 13.3 Å². The number of imidazole rings is 1. The number of aryl methyl sites for hydroxylation is 2. The third-order valence-corrected chi connectivity index (χ3v) is 3.71. The molecule has 3 rings (SSSR count). The molecule has 0 radical (unpaired) electrons. The summed E-state index contributed by atoms with van der Waals surface area (Å²) >= 11 is 6.28. The Kier molecular flexibility index (Phi) is 2.85. The van der Waals surface area contributed by atoms with Crippen molar-refractivity contribution in [3.05, 3.63) is 11.5 Å². The van der Waals surface area contributed by atoms with Crippen molar-refractivity contribution in [2.24, 2.45) is 7.05 Å². The van der Waals surface area contributed by atoms with Gasteiger partial charge in [-0.15, -0.1) is 11.6 Å². The largest absolute Gasteiger partial charge is 0.309 e. The molecule has 1 saturated carbocycles. The fraction of sp³-hybridized carbons (Fsp3) is 0.692.